The number of amides is 1. The molecule has 0 bridgehead atoms. The molecule has 2 saturated heterocycles. The molecule has 0 spiro atoms. The van der Waals surface area contributed by atoms with Gasteiger partial charge in [0.15, 0.2) is 0 Å². The van der Waals surface area contributed by atoms with Gasteiger partial charge < -0.3 is 15.3 Å². The molecule has 2 heterocycles. The topological polar surface area (TPSA) is 52.6 Å². The summed E-state index contributed by atoms with van der Waals surface area (Å²) in [5, 5.41) is 13.0. The largest absolute Gasteiger partial charge is 0.391 e. The lowest BCUT2D eigenvalue weighted by Crippen LogP contribution is -2.51. The van der Waals surface area contributed by atoms with Gasteiger partial charge >= 0.3 is 0 Å². The number of aliphatic hydroxyl groups is 1. The van der Waals surface area contributed by atoms with Gasteiger partial charge in [0.25, 0.3) is 0 Å². The minimum Gasteiger partial charge on any atom is -0.391 e. The van der Waals surface area contributed by atoms with Gasteiger partial charge in [0.05, 0.1) is 11.5 Å². The number of hydrogen-bond donors (Lipinski definition) is 2. The molecule has 0 unspecified atom stereocenters. The molecular formula is C16H22N2O2. The molecule has 0 radical (unpaired) electrons. The van der Waals surface area contributed by atoms with Gasteiger partial charge in [0.2, 0.25) is 5.91 Å². The first-order valence-corrected chi connectivity index (χ1v) is 7.46. The normalized spacial score (nSPS) is 25.6. The van der Waals surface area contributed by atoms with E-state index >= 15 is 0 Å². The smallest absolute Gasteiger partial charge is 0.233 e. The fourth-order valence-corrected chi connectivity index (χ4v) is 3.47. The SMILES string of the molecule is O=C(N1CC[C@H](O)C1)C1(c2ccccc2)CCNCC1. The van der Waals surface area contributed by atoms with Crippen LogP contribution in [0.2, 0.25) is 0 Å². The van der Waals surface area contributed by atoms with Crippen LogP contribution in [0, 0.1) is 0 Å². The van der Waals surface area contributed by atoms with Crippen LogP contribution in [-0.2, 0) is 10.2 Å². The highest BCUT2D eigenvalue weighted by Crippen LogP contribution is 2.36. The summed E-state index contributed by atoms with van der Waals surface area (Å²) >= 11 is 0. The Morgan fingerprint density at radius 1 is 1.25 bits per heavy atom. The number of β-amino-alcohol motifs (C(OH)–C–C–N with tert-alkyl or cyclic N) is 1. The standard InChI is InChI=1S/C16H22N2O2/c19-14-6-11-18(12-14)15(20)16(7-9-17-10-8-16)13-4-2-1-3-5-13/h1-5,14,17,19H,6-12H2/t14-/m0/s1. The summed E-state index contributed by atoms with van der Waals surface area (Å²) in [4.78, 5) is 14.9. The van der Waals surface area contributed by atoms with Crippen molar-refractivity contribution in [1.82, 2.24) is 10.2 Å². The van der Waals surface area contributed by atoms with Crippen LogP contribution in [0.15, 0.2) is 30.3 Å². The summed E-state index contributed by atoms with van der Waals surface area (Å²) in [5.41, 5.74) is 0.712. The average Bonchev–Trinajstić information content (AvgIpc) is 2.94. The molecule has 2 aliphatic heterocycles. The first-order valence-electron chi connectivity index (χ1n) is 7.46. The summed E-state index contributed by atoms with van der Waals surface area (Å²) in [5.74, 6) is 0.196. The molecule has 2 fully saturated rings. The zero-order valence-electron chi connectivity index (χ0n) is 11.7. The van der Waals surface area contributed by atoms with E-state index in [1.54, 1.807) is 0 Å². The number of piperidine rings is 1. The van der Waals surface area contributed by atoms with E-state index in [0.29, 0.717) is 19.5 Å². The van der Waals surface area contributed by atoms with Crippen LogP contribution in [-0.4, -0.2) is 48.2 Å². The van der Waals surface area contributed by atoms with Crippen LogP contribution in [0.3, 0.4) is 0 Å². The fourth-order valence-electron chi connectivity index (χ4n) is 3.47. The van der Waals surface area contributed by atoms with Crippen molar-refractivity contribution in [3.63, 3.8) is 0 Å². The van der Waals surface area contributed by atoms with Gasteiger partial charge in [-0.1, -0.05) is 30.3 Å². The minimum absolute atomic E-state index is 0.196. The third kappa shape index (κ3) is 2.34. The van der Waals surface area contributed by atoms with Crippen molar-refractivity contribution in [2.75, 3.05) is 26.2 Å². The van der Waals surface area contributed by atoms with Gasteiger partial charge in [-0.2, -0.15) is 0 Å². The lowest BCUT2D eigenvalue weighted by atomic mass is 9.72. The quantitative estimate of drug-likeness (QED) is 0.842. The van der Waals surface area contributed by atoms with Crippen molar-refractivity contribution in [3.05, 3.63) is 35.9 Å². The van der Waals surface area contributed by atoms with Gasteiger partial charge in [-0.05, 0) is 37.9 Å². The lowest BCUT2D eigenvalue weighted by molar-refractivity contribution is -0.138. The van der Waals surface area contributed by atoms with Gasteiger partial charge in [-0.3, -0.25) is 4.79 Å². The molecule has 1 amide bonds. The summed E-state index contributed by atoms with van der Waals surface area (Å²) in [7, 11) is 0. The first-order chi connectivity index (χ1) is 9.72. The van der Waals surface area contributed by atoms with Crippen molar-refractivity contribution in [1.29, 1.82) is 0 Å². The van der Waals surface area contributed by atoms with Gasteiger partial charge in [-0.15, -0.1) is 0 Å². The molecule has 108 valence electrons. The van der Waals surface area contributed by atoms with Crippen molar-refractivity contribution in [3.8, 4) is 0 Å². The van der Waals surface area contributed by atoms with Crippen LogP contribution in [0.4, 0.5) is 0 Å². The second-order valence-corrected chi connectivity index (χ2v) is 5.89. The Morgan fingerprint density at radius 3 is 2.55 bits per heavy atom. The van der Waals surface area contributed by atoms with Gasteiger partial charge in [0.1, 0.15) is 0 Å². The summed E-state index contributed by atoms with van der Waals surface area (Å²) in [6.07, 6.45) is 2.02. The van der Waals surface area contributed by atoms with Crippen LogP contribution < -0.4 is 5.32 Å². The highest BCUT2D eigenvalue weighted by molar-refractivity contribution is 5.88. The Hall–Kier alpha value is -1.39. The molecule has 1 aromatic rings. The first kappa shape index (κ1) is 13.6. The molecule has 1 atom stereocenters. The van der Waals surface area contributed by atoms with E-state index in [2.05, 4.69) is 17.4 Å². The fraction of sp³-hybridized carbons (Fsp3) is 0.562. The summed E-state index contributed by atoms with van der Waals surface area (Å²) < 4.78 is 0. The van der Waals surface area contributed by atoms with E-state index in [1.165, 1.54) is 0 Å². The van der Waals surface area contributed by atoms with Crippen molar-refractivity contribution in [2.24, 2.45) is 0 Å². The number of nitrogens with zero attached hydrogens (tertiary/aromatic N) is 1. The molecule has 0 aromatic heterocycles. The predicted octanol–water partition coefficient (Wildman–Crippen LogP) is 0.901. The Labute approximate surface area is 119 Å². The minimum atomic E-state index is -0.406. The van der Waals surface area contributed by atoms with E-state index < -0.39 is 5.41 Å². The highest BCUT2D eigenvalue weighted by atomic mass is 16.3. The van der Waals surface area contributed by atoms with Crippen molar-refractivity contribution < 1.29 is 9.90 Å². The predicted molar refractivity (Wildman–Crippen MR) is 77.4 cm³/mol. The summed E-state index contributed by atoms with van der Waals surface area (Å²) in [6, 6.07) is 10.1. The van der Waals surface area contributed by atoms with Crippen molar-refractivity contribution >= 4 is 5.91 Å². The Kier molecular flexibility index (Phi) is 3.76. The molecule has 20 heavy (non-hydrogen) atoms. The Morgan fingerprint density at radius 2 is 1.95 bits per heavy atom. The second-order valence-electron chi connectivity index (χ2n) is 5.89. The number of benzene rings is 1. The molecule has 1 aromatic carbocycles. The molecular weight excluding hydrogens is 252 g/mol. The molecule has 3 rings (SSSR count). The number of nitrogens with one attached hydrogen (secondary N) is 1. The molecule has 4 nitrogen and oxygen atoms in total. The number of rotatable bonds is 2. The lowest BCUT2D eigenvalue weighted by Gasteiger charge is -2.39. The van der Waals surface area contributed by atoms with Crippen LogP contribution >= 0.6 is 0 Å². The van der Waals surface area contributed by atoms with E-state index in [9.17, 15) is 9.90 Å². The zero-order chi connectivity index (χ0) is 14.0. The van der Waals surface area contributed by atoms with Crippen molar-refractivity contribution in [2.45, 2.75) is 30.8 Å². The number of carbonyl (C=O) groups excluding carboxylic acids is 1. The van der Waals surface area contributed by atoms with Gasteiger partial charge in [0, 0.05) is 13.1 Å². The average molecular weight is 274 g/mol. The Balaban J connectivity index is 1.91. The van der Waals surface area contributed by atoms with Crippen LogP contribution in [0.5, 0.6) is 0 Å². The third-order valence-electron chi connectivity index (χ3n) is 4.64. The second kappa shape index (κ2) is 5.54. The zero-order valence-corrected chi connectivity index (χ0v) is 11.7. The number of hydrogen-bond acceptors (Lipinski definition) is 3. The number of carbonyl (C=O) groups is 1. The van der Waals surface area contributed by atoms with E-state index in [1.807, 2.05) is 23.1 Å². The number of likely N-dealkylation sites (tertiary alicyclic amines) is 1. The highest BCUT2D eigenvalue weighted by Gasteiger charge is 2.44. The molecule has 2 aliphatic rings. The molecule has 0 aliphatic carbocycles. The molecule has 0 saturated carbocycles. The van der Waals surface area contributed by atoms with E-state index in [0.717, 1.165) is 31.5 Å². The van der Waals surface area contributed by atoms with Crippen LogP contribution in [0.25, 0.3) is 0 Å². The van der Waals surface area contributed by atoms with E-state index in [4.69, 9.17) is 0 Å². The third-order valence-corrected chi connectivity index (χ3v) is 4.64. The maximum Gasteiger partial charge on any atom is 0.233 e. The number of aliphatic hydroxyl groups excluding tert-OH is 1. The molecule has 2 N–H and O–H groups in total. The summed E-state index contributed by atoms with van der Waals surface area (Å²) in [6.45, 7) is 2.91. The maximum absolute atomic E-state index is 13.1. The molecule has 4 heteroatoms. The van der Waals surface area contributed by atoms with E-state index in [-0.39, 0.29) is 12.0 Å². The monoisotopic (exact) mass is 274 g/mol. The van der Waals surface area contributed by atoms with Gasteiger partial charge in [-0.25, -0.2) is 0 Å². The van der Waals surface area contributed by atoms with Crippen LogP contribution in [0.1, 0.15) is 24.8 Å². The maximum atomic E-state index is 13.1. The Bertz CT molecular complexity index is 469.